The number of hydrogen-bond donors (Lipinski definition) is 1. The molecule has 2 aromatic heterocycles. The van der Waals surface area contributed by atoms with Gasteiger partial charge in [-0.15, -0.1) is 16.4 Å². The van der Waals surface area contributed by atoms with Crippen LogP contribution in [-0.4, -0.2) is 32.3 Å². The van der Waals surface area contributed by atoms with Gasteiger partial charge in [0.2, 0.25) is 5.91 Å². The molecule has 1 aliphatic rings. The fourth-order valence-electron chi connectivity index (χ4n) is 2.30. The number of hydrogen-bond acceptors (Lipinski definition) is 5. The summed E-state index contributed by atoms with van der Waals surface area (Å²) in [5, 5.41) is 10.00. The minimum Gasteiger partial charge on any atom is -0.336 e. The molecule has 0 aliphatic carbocycles. The van der Waals surface area contributed by atoms with Gasteiger partial charge in [-0.25, -0.2) is 4.68 Å². The summed E-state index contributed by atoms with van der Waals surface area (Å²) < 4.78 is 1.56. The van der Waals surface area contributed by atoms with Crippen molar-refractivity contribution in [2.24, 2.45) is 5.73 Å². The van der Waals surface area contributed by atoms with Crippen LogP contribution >= 0.6 is 11.3 Å². The highest BCUT2D eigenvalue weighted by atomic mass is 32.1. The normalized spacial score (nSPS) is 16.0. The number of nitrogens with two attached hydrogens (primary N) is 1. The molecule has 0 aromatic carbocycles. The van der Waals surface area contributed by atoms with Crippen molar-refractivity contribution in [3.8, 4) is 0 Å². The number of thiophene rings is 1. The Labute approximate surface area is 121 Å². The van der Waals surface area contributed by atoms with Crippen molar-refractivity contribution in [2.75, 3.05) is 6.54 Å². The van der Waals surface area contributed by atoms with E-state index in [4.69, 9.17) is 5.73 Å². The van der Waals surface area contributed by atoms with Crippen molar-refractivity contribution < 1.29 is 4.79 Å². The maximum atomic E-state index is 12.3. The van der Waals surface area contributed by atoms with Gasteiger partial charge in [-0.2, -0.15) is 0 Å². The lowest BCUT2D eigenvalue weighted by Gasteiger charge is -2.26. The Hall–Kier alpha value is -1.73. The fourth-order valence-corrected chi connectivity index (χ4v) is 3.19. The molecule has 6 nitrogen and oxygen atoms in total. The monoisotopic (exact) mass is 291 g/mol. The lowest BCUT2D eigenvalue weighted by molar-refractivity contribution is -0.133. The predicted octanol–water partition coefficient (Wildman–Crippen LogP) is 0.944. The molecule has 1 amide bonds. The largest absolute Gasteiger partial charge is 0.336 e. The summed E-state index contributed by atoms with van der Waals surface area (Å²) in [6, 6.07) is 1.94. The minimum absolute atomic E-state index is 0.0722. The third kappa shape index (κ3) is 2.59. The molecule has 1 atom stereocenters. The molecule has 106 valence electrons. The Bertz CT molecular complexity index is 618. The van der Waals surface area contributed by atoms with Crippen LogP contribution in [0, 0.1) is 0 Å². The van der Waals surface area contributed by atoms with Gasteiger partial charge in [0.15, 0.2) is 0 Å². The van der Waals surface area contributed by atoms with Crippen LogP contribution in [-0.2, 0) is 24.3 Å². The highest BCUT2D eigenvalue weighted by molar-refractivity contribution is 7.10. The van der Waals surface area contributed by atoms with E-state index in [9.17, 15) is 4.79 Å². The molecule has 3 rings (SSSR count). The van der Waals surface area contributed by atoms with Gasteiger partial charge in [0.1, 0.15) is 6.54 Å². The molecule has 7 heteroatoms. The van der Waals surface area contributed by atoms with E-state index in [2.05, 4.69) is 21.8 Å². The molecule has 20 heavy (non-hydrogen) atoms. The lowest BCUT2D eigenvalue weighted by atomic mass is 10.1. The number of rotatable bonds is 3. The van der Waals surface area contributed by atoms with Crippen LogP contribution in [0.3, 0.4) is 0 Å². The summed E-state index contributed by atoms with van der Waals surface area (Å²) in [6.07, 6.45) is 2.68. The summed E-state index contributed by atoms with van der Waals surface area (Å²) in [6.45, 7) is 3.55. The number of fused-ring (bicyclic) bond motifs is 1. The third-order valence-corrected chi connectivity index (χ3v) is 4.50. The SMILES string of the molecule is CC(N)c1cn(CC(=O)N2CCc3sccc3C2)nn1. The van der Waals surface area contributed by atoms with Gasteiger partial charge in [0.05, 0.1) is 11.9 Å². The van der Waals surface area contributed by atoms with Gasteiger partial charge < -0.3 is 10.6 Å². The third-order valence-electron chi connectivity index (χ3n) is 3.48. The molecule has 0 fully saturated rings. The zero-order chi connectivity index (χ0) is 14.1. The van der Waals surface area contributed by atoms with Crippen LogP contribution in [0.15, 0.2) is 17.6 Å². The summed E-state index contributed by atoms with van der Waals surface area (Å²) in [7, 11) is 0. The summed E-state index contributed by atoms with van der Waals surface area (Å²) in [5.41, 5.74) is 7.71. The van der Waals surface area contributed by atoms with E-state index >= 15 is 0 Å². The van der Waals surface area contributed by atoms with Crippen LogP contribution in [0.5, 0.6) is 0 Å². The van der Waals surface area contributed by atoms with Crippen molar-refractivity contribution in [2.45, 2.75) is 32.5 Å². The summed E-state index contributed by atoms with van der Waals surface area (Å²) >= 11 is 1.77. The van der Waals surface area contributed by atoms with Gasteiger partial charge in [-0.3, -0.25) is 4.79 Å². The summed E-state index contributed by atoms with van der Waals surface area (Å²) in [5.74, 6) is 0.0722. The topological polar surface area (TPSA) is 77.0 Å². The van der Waals surface area contributed by atoms with E-state index in [1.807, 2.05) is 11.8 Å². The minimum atomic E-state index is -0.165. The Morgan fingerprint density at radius 3 is 3.20 bits per heavy atom. The second-order valence-electron chi connectivity index (χ2n) is 5.06. The molecule has 2 N–H and O–H groups in total. The van der Waals surface area contributed by atoms with Crippen LogP contribution in [0.4, 0.5) is 0 Å². The first-order valence-electron chi connectivity index (χ1n) is 6.62. The van der Waals surface area contributed by atoms with E-state index < -0.39 is 0 Å². The highest BCUT2D eigenvalue weighted by Gasteiger charge is 2.22. The molecule has 1 unspecified atom stereocenters. The van der Waals surface area contributed by atoms with Crippen molar-refractivity contribution >= 4 is 17.2 Å². The second-order valence-corrected chi connectivity index (χ2v) is 6.06. The zero-order valence-electron chi connectivity index (χ0n) is 11.3. The van der Waals surface area contributed by atoms with Crippen LogP contribution in [0.1, 0.15) is 29.1 Å². The molecule has 0 spiro atoms. The van der Waals surface area contributed by atoms with E-state index in [0.717, 1.165) is 13.0 Å². The van der Waals surface area contributed by atoms with Crippen LogP contribution in [0.25, 0.3) is 0 Å². The van der Waals surface area contributed by atoms with Gasteiger partial charge in [0, 0.05) is 24.0 Å². The predicted molar refractivity (Wildman–Crippen MR) is 76.1 cm³/mol. The van der Waals surface area contributed by atoms with Gasteiger partial charge in [-0.05, 0) is 30.4 Å². The molecular weight excluding hydrogens is 274 g/mol. The fraction of sp³-hybridized carbons (Fsp3) is 0.462. The number of aromatic nitrogens is 3. The van der Waals surface area contributed by atoms with E-state index in [1.165, 1.54) is 10.4 Å². The first-order valence-corrected chi connectivity index (χ1v) is 7.50. The lowest BCUT2D eigenvalue weighted by Crippen LogP contribution is -2.37. The smallest absolute Gasteiger partial charge is 0.244 e. The number of nitrogens with zero attached hydrogens (tertiary/aromatic N) is 4. The van der Waals surface area contributed by atoms with Gasteiger partial charge >= 0.3 is 0 Å². The quantitative estimate of drug-likeness (QED) is 0.913. The molecule has 3 heterocycles. The van der Waals surface area contributed by atoms with Crippen LogP contribution in [0.2, 0.25) is 0 Å². The van der Waals surface area contributed by atoms with Crippen molar-refractivity contribution in [1.82, 2.24) is 19.9 Å². The average molecular weight is 291 g/mol. The maximum absolute atomic E-state index is 12.3. The first-order chi connectivity index (χ1) is 9.63. The molecule has 0 saturated heterocycles. The highest BCUT2D eigenvalue weighted by Crippen LogP contribution is 2.24. The zero-order valence-corrected chi connectivity index (χ0v) is 12.1. The van der Waals surface area contributed by atoms with Gasteiger partial charge in [-0.1, -0.05) is 5.21 Å². The number of carbonyl (C=O) groups is 1. The van der Waals surface area contributed by atoms with E-state index in [0.29, 0.717) is 12.2 Å². The molecule has 0 bridgehead atoms. The van der Waals surface area contributed by atoms with Crippen molar-refractivity contribution in [3.63, 3.8) is 0 Å². The van der Waals surface area contributed by atoms with E-state index in [-0.39, 0.29) is 18.5 Å². The number of carbonyl (C=O) groups excluding carboxylic acids is 1. The standard InChI is InChI=1S/C13H17N5OS/c1-9(14)11-7-18(16-15-11)8-13(19)17-4-2-12-10(6-17)3-5-20-12/h3,5,7,9H,2,4,6,8,14H2,1H3. The first kappa shape index (κ1) is 13.3. The van der Waals surface area contributed by atoms with Crippen molar-refractivity contribution in [3.05, 3.63) is 33.8 Å². The van der Waals surface area contributed by atoms with Crippen LogP contribution < -0.4 is 5.73 Å². The maximum Gasteiger partial charge on any atom is 0.244 e. The Morgan fingerprint density at radius 1 is 1.60 bits per heavy atom. The molecule has 0 saturated carbocycles. The Balaban J connectivity index is 1.65. The van der Waals surface area contributed by atoms with Gasteiger partial charge in [0.25, 0.3) is 0 Å². The molecular formula is C13H17N5OS. The van der Waals surface area contributed by atoms with Crippen molar-refractivity contribution in [1.29, 1.82) is 0 Å². The Morgan fingerprint density at radius 2 is 2.45 bits per heavy atom. The average Bonchev–Trinajstić information content (AvgIpc) is 3.05. The molecule has 2 aromatic rings. The number of amides is 1. The summed E-state index contributed by atoms with van der Waals surface area (Å²) in [4.78, 5) is 15.6. The Kier molecular flexibility index (Phi) is 3.54. The second kappa shape index (κ2) is 5.34. The van der Waals surface area contributed by atoms with E-state index in [1.54, 1.807) is 22.2 Å². The molecule has 1 aliphatic heterocycles. The molecule has 0 radical (unpaired) electrons.